The van der Waals surface area contributed by atoms with Crippen molar-refractivity contribution in [1.29, 1.82) is 0 Å². The van der Waals surface area contributed by atoms with E-state index in [1.807, 2.05) is 36.4 Å². The number of rotatable bonds is 6. The Morgan fingerprint density at radius 1 is 0.420 bits per heavy atom. The number of allylic oxidation sites excluding steroid dienone is 1. The summed E-state index contributed by atoms with van der Waals surface area (Å²) in [6.07, 6.45) is 4.44. The fraction of sp³-hybridized carbons (Fsp3) is 0.0400. The highest BCUT2D eigenvalue weighted by Gasteiger charge is 2.52. The van der Waals surface area contributed by atoms with E-state index in [4.69, 9.17) is 19.9 Å². The summed E-state index contributed by atoms with van der Waals surface area (Å²) in [6.45, 7) is 4.40. The van der Waals surface area contributed by atoms with Crippen molar-refractivity contribution in [3.63, 3.8) is 0 Å². The fourth-order valence-electron chi connectivity index (χ4n) is 14.1. The van der Waals surface area contributed by atoms with Crippen LogP contribution in [0.3, 0.4) is 0 Å². The Balaban J connectivity index is 0.874. The molecule has 378 valence electrons. The molecule has 1 aliphatic heterocycles. The van der Waals surface area contributed by atoms with Gasteiger partial charge in [0.25, 0.3) is 0 Å². The van der Waals surface area contributed by atoms with Gasteiger partial charge in [0.1, 0.15) is 0 Å². The molecule has 0 bridgehead atoms. The minimum Gasteiger partial charge on any atom is -0.309 e. The van der Waals surface area contributed by atoms with Gasteiger partial charge in [0, 0.05) is 55.2 Å². The number of benzene rings is 11. The highest BCUT2D eigenvalue weighted by atomic mass is 15.3. The maximum atomic E-state index is 5.59. The number of aromatic nitrogens is 5. The van der Waals surface area contributed by atoms with Crippen molar-refractivity contribution in [3.05, 3.63) is 282 Å². The summed E-state index contributed by atoms with van der Waals surface area (Å²) >= 11 is 0. The number of anilines is 3. The van der Waals surface area contributed by atoms with E-state index in [-0.39, 0.29) is 0 Å². The number of hydrogen-bond donors (Lipinski definition) is 0. The van der Waals surface area contributed by atoms with Crippen molar-refractivity contribution in [3.8, 4) is 73.1 Å². The fourth-order valence-corrected chi connectivity index (χ4v) is 14.1. The number of fused-ring (bicyclic) bond motifs is 18. The van der Waals surface area contributed by atoms with Crippen molar-refractivity contribution >= 4 is 66.7 Å². The molecular weight excluding hydrogens is 985 g/mol. The third-order valence-electron chi connectivity index (χ3n) is 17.5. The molecule has 1 spiro atoms. The smallest absolute Gasteiger partial charge is 0.238 e. The van der Waals surface area contributed by atoms with Gasteiger partial charge in [-0.15, -0.1) is 0 Å². The zero-order valence-corrected chi connectivity index (χ0v) is 44.4. The maximum Gasteiger partial charge on any atom is 0.238 e. The molecule has 0 saturated carbocycles. The molecule has 2 aliphatic carbocycles. The molecule has 11 aromatic carbocycles. The van der Waals surface area contributed by atoms with Gasteiger partial charge in [0.15, 0.2) is 11.6 Å². The summed E-state index contributed by atoms with van der Waals surface area (Å²) in [5.74, 6) is 1.73. The van der Waals surface area contributed by atoms with Gasteiger partial charge in [0.05, 0.1) is 33.5 Å². The van der Waals surface area contributed by atoms with Crippen LogP contribution in [0.5, 0.6) is 0 Å². The Morgan fingerprint density at radius 2 is 1.01 bits per heavy atom. The number of pyridine rings is 1. The van der Waals surface area contributed by atoms with Gasteiger partial charge < -0.3 is 4.57 Å². The van der Waals surface area contributed by atoms with Crippen LogP contribution in [-0.4, -0.2) is 24.5 Å². The Labute approximate surface area is 468 Å². The second-order valence-electron chi connectivity index (χ2n) is 21.6. The Kier molecular flexibility index (Phi) is 9.66. The number of hydrogen-bond acceptors (Lipinski definition) is 5. The zero-order valence-electron chi connectivity index (χ0n) is 44.4. The Hall–Kier alpha value is -10.6. The third kappa shape index (κ3) is 6.33. The molecule has 17 rings (SSSR count). The second kappa shape index (κ2) is 17.2. The summed E-state index contributed by atoms with van der Waals surface area (Å²) in [4.78, 5) is 23.7. The van der Waals surface area contributed by atoms with Crippen LogP contribution in [0, 0.1) is 6.92 Å². The second-order valence-corrected chi connectivity index (χ2v) is 21.6. The molecule has 0 saturated heterocycles. The first-order chi connectivity index (χ1) is 40.1. The minimum absolute atomic E-state index is 0.445. The number of para-hydroxylation sites is 1. The third-order valence-corrected chi connectivity index (χ3v) is 17.5. The van der Waals surface area contributed by atoms with E-state index in [0.717, 1.165) is 77.6 Å². The standard InChI is InChI=1S/C75H48N6/c1-3-20-64-45(2)52-40-41-62-68(56-29-14-18-33-61(56)75(62)59-31-16-12-27-54(59)55-28-13-17-32-60(55)75)71(52)80(64)51-38-35-46(36-39-51)49-37-42-65-58(43-49)70-69-66(44-50-25-10-11-26-53(50)67(69)57-30-15-19-34-63(57)76-70)81(65)74-78-72(47-21-6-4-7-22-47)77-73(79-74)48-23-8-5-9-24-48/h3-44H,1-2H3/b20-3-. The van der Waals surface area contributed by atoms with Crippen LogP contribution in [0.2, 0.25) is 0 Å². The minimum atomic E-state index is -0.445. The summed E-state index contributed by atoms with van der Waals surface area (Å²) in [7, 11) is 0. The molecule has 4 heterocycles. The lowest BCUT2D eigenvalue weighted by molar-refractivity contribution is 0.794. The molecule has 14 aromatic rings. The molecule has 6 nitrogen and oxygen atoms in total. The molecule has 0 unspecified atom stereocenters. The molecule has 0 radical (unpaired) electrons. The normalized spacial score (nSPS) is 13.3. The number of nitrogens with zero attached hydrogens (tertiary/aromatic N) is 6. The van der Waals surface area contributed by atoms with Crippen LogP contribution in [0.15, 0.2) is 249 Å². The molecule has 3 aromatic heterocycles. The topological polar surface area (TPSA) is 59.7 Å². The van der Waals surface area contributed by atoms with Crippen molar-refractivity contribution in [2.24, 2.45) is 0 Å². The van der Waals surface area contributed by atoms with E-state index in [1.54, 1.807) is 0 Å². The lowest BCUT2D eigenvalue weighted by Crippen LogP contribution is -2.25. The molecule has 81 heavy (non-hydrogen) atoms. The van der Waals surface area contributed by atoms with Crippen molar-refractivity contribution in [1.82, 2.24) is 24.5 Å². The van der Waals surface area contributed by atoms with Crippen LogP contribution in [0.1, 0.15) is 40.4 Å². The molecule has 0 N–H and O–H groups in total. The molecule has 0 amide bonds. The Morgan fingerprint density at radius 3 is 1.70 bits per heavy atom. The highest BCUT2D eigenvalue weighted by molar-refractivity contribution is 6.29. The van der Waals surface area contributed by atoms with Gasteiger partial charge in [-0.25, -0.2) is 9.97 Å². The molecular formula is C75H48N6. The van der Waals surface area contributed by atoms with E-state index in [1.165, 1.54) is 72.1 Å². The molecule has 6 heteroatoms. The van der Waals surface area contributed by atoms with Gasteiger partial charge >= 0.3 is 0 Å². The molecule has 3 aliphatic rings. The SMILES string of the molecule is C/C=C\c1c(C)c2ccc3c(c2n1-c1ccc(-c2ccc4c(c2)-c2nc5ccccc5c5c2c(cc2ccccc25)N4c2nc(-c4ccccc4)nc(-c4ccccc4)n2)cc1)-c1ccccc1C31c2ccccc2-c2ccccc21. The van der Waals surface area contributed by atoms with Gasteiger partial charge in [-0.1, -0.05) is 212 Å². The van der Waals surface area contributed by atoms with Crippen LogP contribution < -0.4 is 4.90 Å². The Bertz CT molecular complexity index is 4900. The van der Waals surface area contributed by atoms with E-state index in [9.17, 15) is 0 Å². The van der Waals surface area contributed by atoms with E-state index in [0.29, 0.717) is 17.6 Å². The summed E-state index contributed by atoms with van der Waals surface area (Å²) in [5, 5.41) is 6.86. The van der Waals surface area contributed by atoms with E-state index >= 15 is 0 Å². The van der Waals surface area contributed by atoms with Gasteiger partial charge in [-0.05, 0) is 123 Å². The zero-order chi connectivity index (χ0) is 53.5. The van der Waals surface area contributed by atoms with Crippen molar-refractivity contribution in [2.75, 3.05) is 4.90 Å². The first kappa shape index (κ1) is 45.5. The van der Waals surface area contributed by atoms with Crippen LogP contribution in [0.4, 0.5) is 17.3 Å². The lowest BCUT2D eigenvalue weighted by atomic mass is 9.70. The predicted octanol–water partition coefficient (Wildman–Crippen LogP) is 18.8. The largest absolute Gasteiger partial charge is 0.309 e. The van der Waals surface area contributed by atoms with E-state index < -0.39 is 5.41 Å². The van der Waals surface area contributed by atoms with Crippen LogP contribution >= 0.6 is 0 Å². The summed E-state index contributed by atoms with van der Waals surface area (Å²) in [6, 6.07) is 88.0. The van der Waals surface area contributed by atoms with Gasteiger partial charge in [-0.2, -0.15) is 9.97 Å². The number of aryl methyl sites for hydroxylation is 1. The van der Waals surface area contributed by atoms with Gasteiger partial charge in [-0.3, -0.25) is 4.90 Å². The molecule has 0 atom stereocenters. The summed E-state index contributed by atoms with van der Waals surface area (Å²) < 4.78 is 2.51. The van der Waals surface area contributed by atoms with E-state index in [2.05, 4.69) is 242 Å². The average Bonchev–Trinajstić information content (AvgIpc) is 2.16. The monoisotopic (exact) mass is 1030 g/mol. The highest BCUT2D eigenvalue weighted by Crippen LogP contribution is 2.64. The van der Waals surface area contributed by atoms with Crippen molar-refractivity contribution in [2.45, 2.75) is 19.3 Å². The predicted molar refractivity (Wildman–Crippen MR) is 333 cm³/mol. The van der Waals surface area contributed by atoms with Crippen LogP contribution in [0.25, 0.3) is 123 Å². The first-order valence-corrected chi connectivity index (χ1v) is 27.8. The summed E-state index contributed by atoms with van der Waals surface area (Å²) in [5.41, 5.74) is 23.7. The van der Waals surface area contributed by atoms with Crippen LogP contribution in [-0.2, 0) is 5.41 Å². The maximum absolute atomic E-state index is 5.59. The van der Waals surface area contributed by atoms with Gasteiger partial charge in [0.2, 0.25) is 5.95 Å². The first-order valence-electron chi connectivity index (χ1n) is 27.8. The quantitative estimate of drug-likeness (QED) is 0.155. The average molecular weight is 1030 g/mol. The molecule has 0 fully saturated rings. The lowest BCUT2D eigenvalue weighted by Gasteiger charge is -2.33. The van der Waals surface area contributed by atoms with Crippen molar-refractivity contribution < 1.29 is 0 Å².